The molecule has 0 aliphatic carbocycles. The average molecular weight is 282 g/mol. The lowest BCUT2D eigenvalue weighted by Crippen LogP contribution is -2.30. The molecular formula is C16H24ClNO. The summed E-state index contributed by atoms with van der Waals surface area (Å²) in [6, 6.07) is 5.90. The number of nitrogens with one attached hydrogen (secondary N) is 1. The van der Waals surface area contributed by atoms with Crippen LogP contribution in [0.3, 0.4) is 0 Å². The highest BCUT2D eigenvalue weighted by atomic mass is 35.5. The number of ether oxygens (including phenoxy) is 1. The van der Waals surface area contributed by atoms with Gasteiger partial charge in [0.05, 0.1) is 0 Å². The summed E-state index contributed by atoms with van der Waals surface area (Å²) < 4.78 is 6.30. The van der Waals surface area contributed by atoms with E-state index in [-0.39, 0.29) is 6.10 Å². The number of rotatable bonds is 5. The normalized spacial score (nSPS) is 20.8. The van der Waals surface area contributed by atoms with Crippen molar-refractivity contribution in [2.24, 2.45) is 11.8 Å². The number of hydrogen-bond acceptors (Lipinski definition) is 2. The zero-order valence-corrected chi connectivity index (χ0v) is 12.8. The molecular weight excluding hydrogens is 258 g/mol. The average Bonchev–Trinajstić information content (AvgIpc) is 2.87. The third-order valence-electron chi connectivity index (χ3n) is 3.82. The van der Waals surface area contributed by atoms with Gasteiger partial charge in [-0.15, -0.1) is 0 Å². The van der Waals surface area contributed by atoms with Gasteiger partial charge in [-0.1, -0.05) is 31.5 Å². The Labute approximate surface area is 121 Å². The van der Waals surface area contributed by atoms with Crippen molar-refractivity contribution in [3.05, 3.63) is 28.8 Å². The predicted molar refractivity (Wildman–Crippen MR) is 81.0 cm³/mol. The van der Waals surface area contributed by atoms with Crippen LogP contribution in [0.5, 0.6) is 5.75 Å². The fourth-order valence-corrected chi connectivity index (χ4v) is 2.84. The molecule has 0 spiro atoms. The molecule has 2 rings (SSSR count). The molecule has 1 aliphatic heterocycles. The molecule has 19 heavy (non-hydrogen) atoms. The lowest BCUT2D eigenvalue weighted by molar-refractivity contribution is 0.119. The second-order valence-corrected chi connectivity index (χ2v) is 6.31. The fraction of sp³-hybridized carbons (Fsp3) is 0.625. The van der Waals surface area contributed by atoms with E-state index in [0.29, 0.717) is 11.8 Å². The van der Waals surface area contributed by atoms with Crippen LogP contribution in [-0.2, 0) is 0 Å². The van der Waals surface area contributed by atoms with E-state index in [1.165, 1.54) is 6.42 Å². The molecule has 2 nitrogen and oxygen atoms in total. The van der Waals surface area contributed by atoms with Gasteiger partial charge in [0.15, 0.2) is 0 Å². The third kappa shape index (κ3) is 3.87. The van der Waals surface area contributed by atoms with Gasteiger partial charge in [0.2, 0.25) is 0 Å². The Kier molecular flexibility index (Phi) is 5.12. The van der Waals surface area contributed by atoms with Gasteiger partial charge >= 0.3 is 0 Å². The van der Waals surface area contributed by atoms with E-state index in [0.717, 1.165) is 35.8 Å². The van der Waals surface area contributed by atoms with Gasteiger partial charge in [0.1, 0.15) is 11.9 Å². The molecule has 0 saturated carbocycles. The van der Waals surface area contributed by atoms with Crippen molar-refractivity contribution in [2.75, 3.05) is 13.1 Å². The molecule has 0 amide bonds. The van der Waals surface area contributed by atoms with Crippen LogP contribution in [0.25, 0.3) is 0 Å². The summed E-state index contributed by atoms with van der Waals surface area (Å²) in [5.41, 5.74) is 1.05. The van der Waals surface area contributed by atoms with Crippen molar-refractivity contribution in [3.63, 3.8) is 0 Å². The van der Waals surface area contributed by atoms with Crippen molar-refractivity contribution in [3.8, 4) is 5.75 Å². The minimum absolute atomic E-state index is 0.284. The maximum Gasteiger partial charge on any atom is 0.124 e. The van der Waals surface area contributed by atoms with Crippen LogP contribution in [0, 0.1) is 18.8 Å². The van der Waals surface area contributed by atoms with Gasteiger partial charge in [-0.05, 0) is 44.4 Å². The maximum absolute atomic E-state index is 6.30. The Balaban J connectivity index is 2.12. The first-order chi connectivity index (χ1) is 9.08. The van der Waals surface area contributed by atoms with Gasteiger partial charge in [0.25, 0.3) is 0 Å². The molecule has 1 fully saturated rings. The molecule has 0 aromatic heterocycles. The maximum atomic E-state index is 6.30. The van der Waals surface area contributed by atoms with Crippen molar-refractivity contribution in [2.45, 2.75) is 39.7 Å². The first kappa shape index (κ1) is 14.7. The van der Waals surface area contributed by atoms with Crippen LogP contribution >= 0.6 is 11.6 Å². The monoisotopic (exact) mass is 281 g/mol. The summed E-state index contributed by atoms with van der Waals surface area (Å²) in [7, 11) is 0. The summed E-state index contributed by atoms with van der Waals surface area (Å²) in [5, 5.41) is 4.21. The lowest BCUT2D eigenvalue weighted by Gasteiger charge is -2.27. The quantitative estimate of drug-likeness (QED) is 0.879. The first-order valence-corrected chi connectivity index (χ1v) is 7.58. The highest BCUT2D eigenvalue weighted by Gasteiger charge is 2.27. The SMILES string of the molecule is Cc1c(Cl)cccc1OC(CC(C)C)C1CCNC1. The molecule has 1 saturated heterocycles. The van der Waals surface area contributed by atoms with Crippen LogP contribution < -0.4 is 10.1 Å². The second-order valence-electron chi connectivity index (χ2n) is 5.90. The van der Waals surface area contributed by atoms with Gasteiger partial charge in [0, 0.05) is 23.0 Å². The Morgan fingerprint density at radius 3 is 2.84 bits per heavy atom. The highest BCUT2D eigenvalue weighted by Crippen LogP contribution is 2.30. The van der Waals surface area contributed by atoms with Gasteiger partial charge in [-0.3, -0.25) is 0 Å². The Morgan fingerprint density at radius 2 is 2.21 bits per heavy atom. The van der Waals surface area contributed by atoms with Crippen LogP contribution in [0.2, 0.25) is 5.02 Å². The van der Waals surface area contributed by atoms with Crippen LogP contribution in [0.15, 0.2) is 18.2 Å². The standard InChI is InChI=1S/C16H24ClNO/c1-11(2)9-16(13-7-8-18-10-13)19-15-6-4-5-14(17)12(15)3/h4-6,11,13,16,18H,7-10H2,1-3H3. The number of halogens is 1. The van der Waals surface area contributed by atoms with Crippen molar-refractivity contribution < 1.29 is 4.74 Å². The van der Waals surface area contributed by atoms with Crippen LogP contribution in [-0.4, -0.2) is 19.2 Å². The second kappa shape index (κ2) is 6.62. The Bertz CT molecular complexity index is 413. The largest absolute Gasteiger partial charge is 0.490 e. The summed E-state index contributed by atoms with van der Waals surface area (Å²) in [6.07, 6.45) is 2.59. The molecule has 1 aromatic carbocycles. The van der Waals surface area contributed by atoms with Crippen molar-refractivity contribution in [1.82, 2.24) is 5.32 Å². The molecule has 0 bridgehead atoms. The Hall–Kier alpha value is -0.730. The van der Waals surface area contributed by atoms with Crippen molar-refractivity contribution >= 4 is 11.6 Å². The van der Waals surface area contributed by atoms with Gasteiger partial charge < -0.3 is 10.1 Å². The van der Waals surface area contributed by atoms with E-state index in [4.69, 9.17) is 16.3 Å². The van der Waals surface area contributed by atoms with E-state index in [1.807, 2.05) is 25.1 Å². The predicted octanol–water partition coefficient (Wildman–Crippen LogP) is 4.05. The summed E-state index contributed by atoms with van der Waals surface area (Å²) in [6.45, 7) is 8.71. The summed E-state index contributed by atoms with van der Waals surface area (Å²) >= 11 is 6.17. The zero-order valence-electron chi connectivity index (χ0n) is 12.1. The topological polar surface area (TPSA) is 21.3 Å². The summed E-state index contributed by atoms with van der Waals surface area (Å²) in [5.74, 6) is 2.19. The molecule has 1 N–H and O–H groups in total. The van der Waals surface area contributed by atoms with Crippen LogP contribution in [0.4, 0.5) is 0 Å². The highest BCUT2D eigenvalue weighted by molar-refractivity contribution is 6.31. The Morgan fingerprint density at radius 1 is 1.42 bits per heavy atom. The van der Waals surface area contributed by atoms with E-state index >= 15 is 0 Å². The van der Waals surface area contributed by atoms with E-state index in [2.05, 4.69) is 19.2 Å². The molecule has 2 atom stereocenters. The minimum atomic E-state index is 0.284. The smallest absolute Gasteiger partial charge is 0.124 e. The fourth-order valence-electron chi connectivity index (χ4n) is 2.67. The van der Waals surface area contributed by atoms with E-state index in [9.17, 15) is 0 Å². The minimum Gasteiger partial charge on any atom is -0.490 e. The third-order valence-corrected chi connectivity index (χ3v) is 4.23. The first-order valence-electron chi connectivity index (χ1n) is 7.20. The molecule has 1 heterocycles. The van der Waals surface area contributed by atoms with Crippen LogP contribution in [0.1, 0.15) is 32.3 Å². The number of benzene rings is 1. The number of hydrogen-bond donors (Lipinski definition) is 1. The summed E-state index contributed by atoms with van der Waals surface area (Å²) in [4.78, 5) is 0. The molecule has 0 radical (unpaired) electrons. The zero-order chi connectivity index (χ0) is 13.8. The van der Waals surface area contributed by atoms with Gasteiger partial charge in [-0.2, -0.15) is 0 Å². The molecule has 106 valence electrons. The van der Waals surface area contributed by atoms with E-state index in [1.54, 1.807) is 0 Å². The molecule has 1 aliphatic rings. The molecule has 2 unspecified atom stereocenters. The van der Waals surface area contributed by atoms with E-state index < -0.39 is 0 Å². The van der Waals surface area contributed by atoms with Gasteiger partial charge in [-0.25, -0.2) is 0 Å². The molecule has 1 aromatic rings. The molecule has 3 heteroatoms. The lowest BCUT2D eigenvalue weighted by atomic mass is 9.93. The van der Waals surface area contributed by atoms with Crippen molar-refractivity contribution in [1.29, 1.82) is 0 Å².